The highest BCUT2D eigenvalue weighted by molar-refractivity contribution is 5.98. The zero-order chi connectivity index (χ0) is 12.7. The molecule has 3 rings (SSSR count). The summed E-state index contributed by atoms with van der Waals surface area (Å²) in [5.74, 6) is 0.752. The first-order valence-electron chi connectivity index (χ1n) is 5.28. The zero-order valence-electron chi connectivity index (χ0n) is 9.58. The predicted molar refractivity (Wildman–Crippen MR) is 63.1 cm³/mol. The highest BCUT2D eigenvalue weighted by Gasteiger charge is 2.23. The number of anilines is 2. The summed E-state index contributed by atoms with van der Waals surface area (Å²) >= 11 is 0. The molecular formula is C11H10N4O3. The molecule has 0 bridgehead atoms. The van der Waals surface area contributed by atoms with Gasteiger partial charge in [-0.3, -0.25) is 4.79 Å². The smallest absolute Gasteiger partial charge is 0.264 e. The average Bonchev–Trinajstić information content (AvgIpc) is 2.80. The van der Waals surface area contributed by atoms with E-state index in [4.69, 9.17) is 10.5 Å². The SMILES string of the molecule is CN1C(=O)COc2ccc(-c3nonc3N)cc21. The van der Waals surface area contributed by atoms with Gasteiger partial charge in [-0.1, -0.05) is 0 Å². The van der Waals surface area contributed by atoms with Crippen LogP contribution in [0, 0.1) is 0 Å². The normalized spacial score (nSPS) is 14.3. The number of hydrogen-bond acceptors (Lipinski definition) is 6. The Hall–Kier alpha value is -2.57. The number of amides is 1. The lowest BCUT2D eigenvalue weighted by Crippen LogP contribution is -2.35. The third-order valence-electron chi connectivity index (χ3n) is 2.83. The molecule has 2 heterocycles. The summed E-state index contributed by atoms with van der Waals surface area (Å²) in [6.07, 6.45) is 0. The number of likely N-dealkylation sites (N-methyl/N-ethyl adjacent to an activating group) is 1. The number of ether oxygens (including phenoxy) is 1. The lowest BCUT2D eigenvalue weighted by molar-refractivity contribution is -0.120. The number of nitrogens with zero attached hydrogens (tertiary/aromatic N) is 3. The highest BCUT2D eigenvalue weighted by Crippen LogP contribution is 2.35. The molecular weight excluding hydrogens is 236 g/mol. The Labute approximate surface area is 102 Å². The Morgan fingerprint density at radius 1 is 1.39 bits per heavy atom. The quantitative estimate of drug-likeness (QED) is 0.794. The van der Waals surface area contributed by atoms with E-state index in [1.807, 2.05) is 0 Å². The van der Waals surface area contributed by atoms with Gasteiger partial charge in [-0.05, 0) is 28.5 Å². The summed E-state index contributed by atoms with van der Waals surface area (Å²) in [7, 11) is 1.69. The third kappa shape index (κ3) is 1.48. The molecule has 7 heteroatoms. The van der Waals surface area contributed by atoms with E-state index in [9.17, 15) is 4.79 Å². The Morgan fingerprint density at radius 2 is 2.22 bits per heavy atom. The molecule has 0 saturated heterocycles. The number of aromatic nitrogens is 2. The van der Waals surface area contributed by atoms with Crippen LogP contribution in [-0.4, -0.2) is 29.9 Å². The highest BCUT2D eigenvalue weighted by atomic mass is 16.6. The fourth-order valence-electron chi connectivity index (χ4n) is 1.82. The number of benzene rings is 1. The van der Waals surface area contributed by atoms with Gasteiger partial charge < -0.3 is 15.4 Å². The second-order valence-electron chi connectivity index (χ2n) is 3.92. The van der Waals surface area contributed by atoms with Crippen LogP contribution in [0.5, 0.6) is 5.75 Å². The first-order chi connectivity index (χ1) is 8.66. The number of fused-ring (bicyclic) bond motifs is 1. The van der Waals surface area contributed by atoms with Gasteiger partial charge in [0, 0.05) is 12.6 Å². The topological polar surface area (TPSA) is 94.5 Å². The number of hydrogen-bond donors (Lipinski definition) is 1. The van der Waals surface area contributed by atoms with Crippen molar-refractivity contribution in [1.29, 1.82) is 0 Å². The van der Waals surface area contributed by atoms with Gasteiger partial charge in [0.25, 0.3) is 5.91 Å². The summed E-state index contributed by atoms with van der Waals surface area (Å²) in [4.78, 5) is 13.1. The minimum absolute atomic E-state index is 0.0521. The number of nitrogens with two attached hydrogens (primary N) is 1. The van der Waals surface area contributed by atoms with Gasteiger partial charge in [0.2, 0.25) is 0 Å². The van der Waals surface area contributed by atoms with Crippen LogP contribution in [0.4, 0.5) is 11.5 Å². The molecule has 0 aliphatic carbocycles. The largest absolute Gasteiger partial charge is 0.482 e. The maximum Gasteiger partial charge on any atom is 0.264 e. The van der Waals surface area contributed by atoms with Crippen molar-refractivity contribution in [3.8, 4) is 17.0 Å². The van der Waals surface area contributed by atoms with E-state index in [0.717, 1.165) is 5.56 Å². The van der Waals surface area contributed by atoms with Crippen molar-refractivity contribution in [1.82, 2.24) is 10.3 Å². The van der Waals surface area contributed by atoms with E-state index in [-0.39, 0.29) is 18.3 Å². The predicted octanol–water partition coefficient (Wildman–Crippen LogP) is 0.674. The third-order valence-corrected chi connectivity index (χ3v) is 2.83. The molecule has 0 saturated carbocycles. The minimum Gasteiger partial charge on any atom is -0.482 e. The molecule has 7 nitrogen and oxygen atoms in total. The van der Waals surface area contributed by atoms with Crippen LogP contribution in [-0.2, 0) is 4.79 Å². The van der Waals surface area contributed by atoms with Crippen LogP contribution in [0.1, 0.15) is 0 Å². The Bertz CT molecular complexity index is 623. The summed E-state index contributed by atoms with van der Waals surface area (Å²) in [6, 6.07) is 5.32. The summed E-state index contributed by atoms with van der Waals surface area (Å²) < 4.78 is 9.88. The van der Waals surface area contributed by atoms with Crippen LogP contribution in [0.15, 0.2) is 22.8 Å². The van der Waals surface area contributed by atoms with Crippen molar-refractivity contribution in [2.75, 3.05) is 24.3 Å². The molecule has 1 aliphatic heterocycles. The Balaban J connectivity index is 2.11. The van der Waals surface area contributed by atoms with Crippen LogP contribution < -0.4 is 15.4 Å². The minimum atomic E-state index is -0.106. The van der Waals surface area contributed by atoms with Crippen LogP contribution in [0.25, 0.3) is 11.3 Å². The molecule has 18 heavy (non-hydrogen) atoms. The second-order valence-corrected chi connectivity index (χ2v) is 3.92. The van der Waals surface area contributed by atoms with Crippen molar-refractivity contribution in [2.45, 2.75) is 0 Å². The van der Waals surface area contributed by atoms with Gasteiger partial charge in [0.05, 0.1) is 5.69 Å². The molecule has 0 fully saturated rings. The molecule has 0 unspecified atom stereocenters. The fraction of sp³-hybridized carbons (Fsp3) is 0.182. The first-order valence-corrected chi connectivity index (χ1v) is 5.28. The maximum atomic E-state index is 11.6. The van der Waals surface area contributed by atoms with E-state index in [0.29, 0.717) is 17.1 Å². The van der Waals surface area contributed by atoms with Crippen molar-refractivity contribution < 1.29 is 14.2 Å². The standard InChI is InChI=1S/C11H10N4O3/c1-15-7-4-6(10-11(12)14-18-13-10)2-3-8(7)17-5-9(15)16/h2-4H,5H2,1H3,(H2,12,14). The fourth-order valence-corrected chi connectivity index (χ4v) is 1.82. The molecule has 92 valence electrons. The lowest BCUT2D eigenvalue weighted by Gasteiger charge is -2.26. The Morgan fingerprint density at radius 3 is 2.94 bits per heavy atom. The molecule has 2 N–H and O–H groups in total. The molecule has 1 aromatic heterocycles. The molecule has 0 radical (unpaired) electrons. The van der Waals surface area contributed by atoms with Gasteiger partial charge in [0.15, 0.2) is 18.1 Å². The molecule has 1 aromatic carbocycles. The number of carbonyl (C=O) groups is 1. The molecule has 0 spiro atoms. The van der Waals surface area contributed by atoms with E-state index < -0.39 is 0 Å². The van der Waals surface area contributed by atoms with Gasteiger partial charge in [-0.15, -0.1) is 0 Å². The van der Waals surface area contributed by atoms with Gasteiger partial charge in [-0.2, -0.15) is 0 Å². The number of nitrogen functional groups attached to an aromatic ring is 1. The van der Waals surface area contributed by atoms with Crippen LogP contribution >= 0.6 is 0 Å². The molecule has 0 atom stereocenters. The molecule has 2 aromatic rings. The number of rotatable bonds is 1. The second kappa shape index (κ2) is 3.73. The van der Waals surface area contributed by atoms with Gasteiger partial charge in [0.1, 0.15) is 5.75 Å². The molecule has 1 amide bonds. The van der Waals surface area contributed by atoms with E-state index in [2.05, 4.69) is 14.9 Å². The van der Waals surface area contributed by atoms with Gasteiger partial charge in [-0.25, -0.2) is 4.63 Å². The number of carbonyl (C=O) groups excluding carboxylic acids is 1. The van der Waals surface area contributed by atoms with Crippen molar-refractivity contribution in [3.63, 3.8) is 0 Å². The summed E-state index contributed by atoms with van der Waals surface area (Å²) in [6.45, 7) is 0.0521. The van der Waals surface area contributed by atoms with E-state index in [1.165, 1.54) is 4.90 Å². The Kier molecular flexibility index (Phi) is 2.19. The van der Waals surface area contributed by atoms with Crippen LogP contribution in [0.3, 0.4) is 0 Å². The van der Waals surface area contributed by atoms with Gasteiger partial charge >= 0.3 is 0 Å². The summed E-state index contributed by atoms with van der Waals surface area (Å²) in [5, 5.41) is 7.24. The van der Waals surface area contributed by atoms with E-state index in [1.54, 1.807) is 25.2 Å². The van der Waals surface area contributed by atoms with Crippen molar-refractivity contribution >= 4 is 17.4 Å². The molecule has 1 aliphatic rings. The average molecular weight is 246 g/mol. The first kappa shape index (κ1) is 10.6. The van der Waals surface area contributed by atoms with Crippen LogP contribution in [0.2, 0.25) is 0 Å². The summed E-state index contributed by atoms with van der Waals surface area (Å²) in [5.41, 5.74) is 7.47. The van der Waals surface area contributed by atoms with Crippen molar-refractivity contribution in [3.05, 3.63) is 18.2 Å². The lowest BCUT2D eigenvalue weighted by atomic mass is 10.1. The monoisotopic (exact) mass is 246 g/mol. The van der Waals surface area contributed by atoms with Crippen molar-refractivity contribution in [2.24, 2.45) is 0 Å². The maximum absolute atomic E-state index is 11.6. The zero-order valence-corrected chi connectivity index (χ0v) is 9.58. The van der Waals surface area contributed by atoms with E-state index >= 15 is 0 Å².